The van der Waals surface area contributed by atoms with Crippen LogP contribution in [0.5, 0.6) is 0 Å². The molecule has 0 nitrogen and oxygen atoms in total. The summed E-state index contributed by atoms with van der Waals surface area (Å²) in [6, 6.07) is 51.4. The molecule has 5 aromatic carbocycles. The summed E-state index contributed by atoms with van der Waals surface area (Å²) < 4.78 is 0. The van der Waals surface area contributed by atoms with Gasteiger partial charge in [-0.1, -0.05) is 285 Å². The Morgan fingerprint density at radius 3 is 1.13 bits per heavy atom. The Hall–Kier alpha value is -5.72. The van der Waals surface area contributed by atoms with E-state index in [9.17, 15) is 0 Å². The van der Waals surface area contributed by atoms with Gasteiger partial charge in [-0.25, -0.2) is 0 Å². The minimum atomic E-state index is 1.09. The Labute approximate surface area is 326 Å². The highest BCUT2D eigenvalue weighted by molar-refractivity contribution is 5.66. The topological polar surface area (TPSA) is 0 Å². The molecule has 0 saturated heterocycles. The lowest BCUT2D eigenvalue weighted by Crippen LogP contribution is -1.79. The van der Waals surface area contributed by atoms with E-state index in [1.54, 1.807) is 18.2 Å². The van der Waals surface area contributed by atoms with Crippen molar-refractivity contribution in [3.05, 3.63) is 248 Å². The molecule has 5 rings (SSSR count). The van der Waals surface area contributed by atoms with Gasteiger partial charge in [0.05, 0.1) is 0 Å². The third-order valence-corrected chi connectivity index (χ3v) is 6.12. The van der Waals surface area contributed by atoms with Crippen molar-refractivity contribution in [2.75, 3.05) is 0 Å². The minimum absolute atomic E-state index is 1.09. The summed E-state index contributed by atoms with van der Waals surface area (Å²) in [4.78, 5) is 0. The molecule has 0 aliphatic carbocycles. The number of hydrogen-bond acceptors (Lipinski definition) is 0. The second-order valence-corrected chi connectivity index (χ2v) is 10.0. The lowest BCUT2D eigenvalue weighted by Gasteiger charge is -2.02. The molecule has 0 radical (unpaired) electrons. The molecule has 0 aliphatic rings. The average Bonchev–Trinajstić information content (AvgIpc) is 3.25. The number of rotatable bonds is 7. The van der Waals surface area contributed by atoms with Crippen LogP contribution in [0.15, 0.2) is 232 Å². The maximum atomic E-state index is 3.64. The van der Waals surface area contributed by atoms with Gasteiger partial charge in [-0.2, -0.15) is 0 Å². The van der Waals surface area contributed by atoms with Gasteiger partial charge in [0.15, 0.2) is 0 Å². The monoisotopic (exact) mass is 705 g/mol. The van der Waals surface area contributed by atoms with Crippen LogP contribution in [0, 0.1) is 13.8 Å². The maximum Gasteiger partial charge on any atom is -0.0184 e. The van der Waals surface area contributed by atoms with Crippen LogP contribution in [-0.2, 0) is 0 Å². The fraction of sp³-hybridized carbons (Fsp3) is 0.170. The first-order valence-corrected chi connectivity index (χ1v) is 18.8. The highest BCUT2D eigenvalue weighted by Crippen LogP contribution is 2.20. The second kappa shape index (κ2) is 42.4. The third-order valence-electron chi connectivity index (χ3n) is 6.12. The Morgan fingerprint density at radius 2 is 0.811 bits per heavy atom. The van der Waals surface area contributed by atoms with Gasteiger partial charge >= 0.3 is 0 Å². The molecule has 0 fully saturated rings. The van der Waals surface area contributed by atoms with E-state index in [2.05, 4.69) is 100 Å². The van der Waals surface area contributed by atoms with Crippen molar-refractivity contribution >= 4 is 6.08 Å². The van der Waals surface area contributed by atoms with Crippen molar-refractivity contribution < 1.29 is 0 Å². The molecule has 0 heteroatoms. The summed E-state index contributed by atoms with van der Waals surface area (Å²) in [6.07, 6.45) is 19.2. The second-order valence-electron chi connectivity index (χ2n) is 10.0. The standard InChI is InChI=1S/C19H18.C9H12.C7H8.2C6H6.3C2H6/c1-3-4-5-6-7-17-10-14-19(15-11-17)18-12-8-16(2)9-13-18;1-4-7-9(6-3)8-5-2;1-7-5-3-2-4-6-7;2*1-2-4-6-5-3-1;3*1-2/h3-15H,1H2,2H3;4-8H,1,3H2,2H3;2-6H,1H3;2*1-6H;3*1-2H3/b5-4-,7-6-;8-5-,9-7-;;;;;;. The molecule has 0 bridgehead atoms. The quantitative estimate of drug-likeness (QED) is 0.148. The van der Waals surface area contributed by atoms with Crippen molar-refractivity contribution in [2.45, 2.75) is 62.3 Å². The number of benzene rings is 5. The Bertz CT molecular complexity index is 1500. The normalized spacial score (nSPS) is 9.34. The fourth-order valence-corrected chi connectivity index (χ4v) is 3.67. The van der Waals surface area contributed by atoms with Crippen molar-refractivity contribution in [2.24, 2.45) is 0 Å². The van der Waals surface area contributed by atoms with E-state index in [0.717, 1.165) is 5.57 Å². The van der Waals surface area contributed by atoms with Crippen LogP contribution >= 0.6 is 0 Å². The largest absolute Gasteiger partial charge is 0.0991 e. The third kappa shape index (κ3) is 33.2. The van der Waals surface area contributed by atoms with Crippen LogP contribution in [-0.4, -0.2) is 0 Å². The zero-order chi connectivity index (χ0) is 40.2. The van der Waals surface area contributed by atoms with Gasteiger partial charge in [-0.05, 0) is 43.0 Å². The highest BCUT2D eigenvalue weighted by atomic mass is 14.0. The molecule has 0 spiro atoms. The molecule has 5 aromatic rings. The van der Waals surface area contributed by atoms with E-state index in [4.69, 9.17) is 0 Å². The minimum Gasteiger partial charge on any atom is -0.0991 e. The van der Waals surface area contributed by atoms with E-state index in [1.165, 1.54) is 27.8 Å². The van der Waals surface area contributed by atoms with E-state index in [0.29, 0.717) is 0 Å². The van der Waals surface area contributed by atoms with Crippen LogP contribution in [0.4, 0.5) is 0 Å². The van der Waals surface area contributed by atoms with Crippen LogP contribution < -0.4 is 0 Å². The number of allylic oxidation sites excluding steroid dienone is 10. The molecule has 0 unspecified atom stereocenters. The first-order valence-electron chi connectivity index (χ1n) is 18.8. The Balaban J connectivity index is -0.000000618. The van der Waals surface area contributed by atoms with Gasteiger partial charge in [-0.15, -0.1) is 0 Å². The summed E-state index contributed by atoms with van der Waals surface area (Å²) >= 11 is 0. The molecular weight excluding hydrogens is 637 g/mol. The molecule has 0 amide bonds. The highest BCUT2D eigenvalue weighted by Gasteiger charge is 1.96. The SMILES string of the molecule is C=C/C=C(C=C)\C=C/C.C=C/C=C\C=C/c1ccc(-c2ccc(C)cc2)cc1.CC.CC.CC.Cc1ccccc1.c1ccccc1.c1ccccc1. The smallest absolute Gasteiger partial charge is 0.0184 e. The van der Waals surface area contributed by atoms with Gasteiger partial charge < -0.3 is 0 Å². The molecule has 53 heavy (non-hydrogen) atoms. The molecule has 0 heterocycles. The molecule has 280 valence electrons. The zero-order valence-corrected chi connectivity index (χ0v) is 34.3. The van der Waals surface area contributed by atoms with E-state index in [1.807, 2.05) is 176 Å². The fourth-order valence-electron chi connectivity index (χ4n) is 3.67. The van der Waals surface area contributed by atoms with Crippen LogP contribution in [0.2, 0.25) is 0 Å². The lowest BCUT2D eigenvalue weighted by molar-refractivity contribution is 1.47. The zero-order valence-electron chi connectivity index (χ0n) is 34.3. The maximum absolute atomic E-state index is 3.64. The predicted octanol–water partition coefficient (Wildman–Crippen LogP) is 16.7. The molecule has 0 aromatic heterocycles. The number of hydrogen-bond donors (Lipinski definition) is 0. The molecule has 0 saturated carbocycles. The van der Waals surface area contributed by atoms with Crippen LogP contribution in [0.25, 0.3) is 17.2 Å². The van der Waals surface area contributed by atoms with Gasteiger partial charge in [-0.3, -0.25) is 0 Å². The summed E-state index contributed by atoms with van der Waals surface area (Å²) in [6.45, 7) is 29.0. The van der Waals surface area contributed by atoms with Crippen LogP contribution in [0.1, 0.15) is 65.2 Å². The van der Waals surface area contributed by atoms with Crippen molar-refractivity contribution in [3.8, 4) is 11.1 Å². The first-order chi connectivity index (χ1) is 26.0. The van der Waals surface area contributed by atoms with Crippen molar-refractivity contribution in [1.29, 1.82) is 0 Å². The van der Waals surface area contributed by atoms with Crippen molar-refractivity contribution in [1.82, 2.24) is 0 Å². The Morgan fingerprint density at radius 1 is 0.434 bits per heavy atom. The summed E-state index contributed by atoms with van der Waals surface area (Å²) in [7, 11) is 0. The Kier molecular flexibility index (Phi) is 41.4. The predicted molar refractivity (Wildman–Crippen MR) is 246 cm³/mol. The average molecular weight is 705 g/mol. The molecule has 0 atom stereocenters. The number of aryl methyl sites for hydroxylation is 2. The summed E-state index contributed by atoms with van der Waals surface area (Å²) in [5.74, 6) is 0. The lowest BCUT2D eigenvalue weighted by atomic mass is 10.0. The molecule has 0 N–H and O–H groups in total. The van der Waals surface area contributed by atoms with Crippen molar-refractivity contribution in [3.63, 3.8) is 0 Å². The van der Waals surface area contributed by atoms with Gasteiger partial charge in [0.1, 0.15) is 0 Å². The summed E-state index contributed by atoms with van der Waals surface area (Å²) in [5.41, 5.74) is 7.41. The molecule has 0 aliphatic heterocycles. The summed E-state index contributed by atoms with van der Waals surface area (Å²) in [5, 5.41) is 0. The molecular formula is C53H68. The van der Waals surface area contributed by atoms with E-state index >= 15 is 0 Å². The van der Waals surface area contributed by atoms with E-state index in [-0.39, 0.29) is 0 Å². The van der Waals surface area contributed by atoms with Crippen LogP contribution in [0.3, 0.4) is 0 Å². The first kappa shape index (κ1) is 51.6. The van der Waals surface area contributed by atoms with Gasteiger partial charge in [0.2, 0.25) is 0 Å². The van der Waals surface area contributed by atoms with E-state index < -0.39 is 0 Å². The van der Waals surface area contributed by atoms with Gasteiger partial charge in [0, 0.05) is 0 Å². The van der Waals surface area contributed by atoms with Gasteiger partial charge in [0.25, 0.3) is 0 Å².